The summed E-state index contributed by atoms with van der Waals surface area (Å²) in [6.45, 7) is 21.7. The van der Waals surface area contributed by atoms with Gasteiger partial charge in [0.05, 0.1) is 44.2 Å². The smallest absolute Gasteiger partial charge is 0.407 e. The number of ketones is 1. The second-order valence-electron chi connectivity index (χ2n) is 23.1. The van der Waals surface area contributed by atoms with Crippen LogP contribution in [0.4, 0.5) is 10.6 Å². The number of thioether (sulfide) groups is 2. The van der Waals surface area contributed by atoms with E-state index in [9.17, 15) is 49.5 Å². The molecule has 0 aliphatic heterocycles. The van der Waals surface area contributed by atoms with Crippen LogP contribution in [0.2, 0.25) is 5.15 Å². The quantitative estimate of drug-likeness (QED) is 0.0456. The van der Waals surface area contributed by atoms with Crippen molar-refractivity contribution in [1.82, 2.24) is 35.9 Å². The van der Waals surface area contributed by atoms with E-state index in [-0.39, 0.29) is 135 Å². The van der Waals surface area contributed by atoms with Gasteiger partial charge in [-0.1, -0.05) is 70.2 Å². The van der Waals surface area contributed by atoms with Gasteiger partial charge in [0.1, 0.15) is 16.6 Å². The van der Waals surface area contributed by atoms with Crippen LogP contribution >= 0.6 is 59.9 Å². The van der Waals surface area contributed by atoms with E-state index < -0.39 is 11.7 Å². The van der Waals surface area contributed by atoms with Crippen LogP contribution in [0.3, 0.4) is 0 Å². The summed E-state index contributed by atoms with van der Waals surface area (Å²) < 4.78 is 9.60. The van der Waals surface area contributed by atoms with E-state index in [0.717, 1.165) is 101 Å². The number of alkyl carbamates (subject to hydrolysis) is 1. The molecule has 510 valence electrons. The molecule has 5 aliphatic carbocycles. The summed E-state index contributed by atoms with van der Waals surface area (Å²) in [6, 6.07) is 0.622. The maximum atomic E-state index is 11.6. The second kappa shape index (κ2) is 47.3. The first-order valence-electron chi connectivity index (χ1n) is 29.7. The van der Waals surface area contributed by atoms with E-state index >= 15 is 0 Å². The molecule has 0 radical (unpaired) electrons. The molecule has 0 bridgehead atoms. The molecule has 27 heteroatoms. The zero-order chi connectivity index (χ0) is 64.6. The Bertz CT molecular complexity index is 2360. The van der Waals surface area contributed by atoms with Crippen molar-refractivity contribution < 1.29 is 64.1 Å². The number of carbonyl (C=O) groups excluding carboxylic acids is 5. The SMILES string of the molecule is C.CC(=O)NC1=C(C)C(=O)CCC1.CC(=O)NC1CCCC(O)C1C.CC1C(N)CCCC1O.CC1C(O)CCCC1NC(=O)OC(C)(C)C.CCOC(C)=O.CSc1ncc(CO)c(Cl)n1.CSc1ncc(CO)c(N[C@H]2CCC[C@H](O)[C@@H]2C)n1.Cl.Cl. The van der Waals surface area contributed by atoms with Crippen molar-refractivity contribution in [3.05, 3.63) is 39.9 Å². The Morgan fingerprint density at radius 1 is 0.670 bits per heavy atom. The molecule has 12 N–H and O–H groups in total. The highest BCUT2D eigenvalue weighted by molar-refractivity contribution is 7.98. The Morgan fingerprint density at radius 2 is 1.11 bits per heavy atom. The number of carbonyl (C=O) groups is 5. The van der Waals surface area contributed by atoms with Crippen LogP contribution in [0.1, 0.15) is 198 Å². The van der Waals surface area contributed by atoms with Gasteiger partial charge in [-0.25, -0.2) is 24.7 Å². The minimum atomic E-state index is -0.472. The number of aliphatic hydroxyl groups excluding tert-OH is 6. The summed E-state index contributed by atoms with van der Waals surface area (Å²) in [6.07, 6.45) is 19.5. The number of allylic oxidation sites excluding steroid dienone is 2. The van der Waals surface area contributed by atoms with Gasteiger partial charge in [0, 0.05) is 104 Å². The maximum absolute atomic E-state index is 11.6. The number of esters is 1. The molecule has 22 nitrogen and oxygen atoms in total. The Kier molecular flexibility index (Phi) is 47.6. The first-order chi connectivity index (χ1) is 39.9. The Balaban J connectivity index is -0.000000974. The molecule has 2 aromatic rings. The van der Waals surface area contributed by atoms with Crippen LogP contribution in [-0.2, 0) is 41.9 Å². The number of anilines is 1. The number of Topliss-reactive ketones (excluding diaryl/α,β-unsaturated/α-hetero) is 1. The van der Waals surface area contributed by atoms with Gasteiger partial charge >= 0.3 is 12.1 Å². The van der Waals surface area contributed by atoms with Gasteiger partial charge in [-0.2, -0.15) is 0 Å². The van der Waals surface area contributed by atoms with Crippen LogP contribution in [0.5, 0.6) is 0 Å². The number of aromatic nitrogens is 4. The lowest BCUT2D eigenvalue weighted by atomic mass is 9.83. The third-order valence-corrected chi connectivity index (χ3v) is 16.7. The number of ether oxygens (including phenoxy) is 2. The highest BCUT2D eigenvalue weighted by Gasteiger charge is 2.32. The lowest BCUT2D eigenvalue weighted by molar-refractivity contribution is -0.140. The van der Waals surface area contributed by atoms with E-state index in [4.69, 9.17) is 27.2 Å². The van der Waals surface area contributed by atoms with E-state index in [1.807, 2.05) is 54.1 Å². The van der Waals surface area contributed by atoms with Crippen molar-refractivity contribution in [3.63, 3.8) is 0 Å². The van der Waals surface area contributed by atoms with Gasteiger partial charge in [-0.15, -0.1) is 24.8 Å². The Labute approximate surface area is 550 Å². The Hall–Kier alpha value is -3.66. The summed E-state index contributed by atoms with van der Waals surface area (Å²) in [4.78, 5) is 70.5. The molecule has 2 heterocycles. The number of rotatable bonds is 10. The fourth-order valence-corrected chi connectivity index (χ4v) is 10.7. The summed E-state index contributed by atoms with van der Waals surface area (Å²) >= 11 is 8.57. The molecule has 0 aromatic carbocycles. The topological polar surface area (TPSA) is 351 Å². The molecular formula is C61H110Cl3N9O13S2. The number of nitrogens with two attached hydrogens (primary N) is 1. The van der Waals surface area contributed by atoms with Gasteiger partial charge in [0.25, 0.3) is 0 Å². The molecule has 12 atom stereocenters. The van der Waals surface area contributed by atoms with Crippen molar-refractivity contribution in [2.75, 3.05) is 24.4 Å². The van der Waals surface area contributed by atoms with E-state index in [1.54, 1.807) is 20.0 Å². The number of amides is 3. The molecule has 7 rings (SSSR count). The van der Waals surface area contributed by atoms with Gasteiger partial charge in [-0.05, 0) is 143 Å². The molecule has 0 spiro atoms. The van der Waals surface area contributed by atoms with Crippen molar-refractivity contribution in [2.45, 2.75) is 265 Å². The minimum Gasteiger partial charge on any atom is -0.466 e. The standard InChI is InChI=1S/C13H21N3O2S.C12H23NO3.C9H17NO2.C9H13NO2.C7H15NO.C6H7ClN2OS.C4H8O2.CH4.2ClH/c1-8-10(4-3-5-11(8)18)15-12-9(7-17)6-14-13(16-12)19-2;1-8-9(6-5-7-10(8)14)13-11(15)16-12(2,3)4;2*1-6-8(10-7(2)11)4-3-5-9(6)12;1-5-6(8)3-2-4-7(5)9;1-11-6-8-2-4(3-10)5(7)9-6;1-3-6-4(2)5;;;/h6,8,10-11,17-18H,3-5,7H2,1-2H3,(H,14,15,16);8-10,14H,5-7H2,1-4H3,(H,13,15);6,8-9,12H,3-5H2,1-2H3,(H,10,11);3-5H2,1-2H3,(H,10,11);5-7,9H,2-4,8H2,1H3;2,10H,3H2,1H3;3H2,1-2H3;1H4;2*1H/t8-,10+,11+;;;;;;;;;/m1........./s1. The second-order valence-corrected chi connectivity index (χ2v) is 25.0. The minimum absolute atomic E-state index is 0. The van der Waals surface area contributed by atoms with Crippen LogP contribution in [0.25, 0.3) is 0 Å². The summed E-state index contributed by atoms with van der Waals surface area (Å²) in [7, 11) is 0. The highest BCUT2D eigenvalue weighted by atomic mass is 35.5. The zero-order valence-electron chi connectivity index (χ0n) is 53.7. The third kappa shape index (κ3) is 35.2. The fourth-order valence-electron chi connectivity index (χ4n) is 9.75. The average Bonchev–Trinajstić information content (AvgIpc) is 3.46. The molecule has 88 heavy (non-hydrogen) atoms. The summed E-state index contributed by atoms with van der Waals surface area (Å²) in [5.41, 5.74) is 8.02. The molecular weight excluding hydrogens is 1240 g/mol. The molecule has 5 aliphatic rings. The number of halogens is 3. The first kappa shape index (κ1) is 88.5. The molecule has 2 aromatic heterocycles. The number of nitrogens with zero attached hydrogens (tertiary/aromatic N) is 4. The van der Waals surface area contributed by atoms with E-state index in [1.165, 1.54) is 50.5 Å². The van der Waals surface area contributed by atoms with Gasteiger partial charge in [0.2, 0.25) is 11.8 Å². The number of hydrogen-bond acceptors (Lipinski definition) is 21. The lowest BCUT2D eigenvalue weighted by Gasteiger charge is -2.34. The molecule has 4 saturated carbocycles. The van der Waals surface area contributed by atoms with Crippen LogP contribution in [0, 0.1) is 23.7 Å². The van der Waals surface area contributed by atoms with Crippen molar-refractivity contribution >= 4 is 95.4 Å². The molecule has 9 unspecified atom stereocenters. The number of nitrogens with one attached hydrogen (secondary N) is 4. The maximum Gasteiger partial charge on any atom is 0.407 e. The van der Waals surface area contributed by atoms with Gasteiger partial charge < -0.3 is 67.1 Å². The Morgan fingerprint density at radius 3 is 1.51 bits per heavy atom. The normalized spacial score (nSPS) is 25.3. The third-order valence-electron chi connectivity index (χ3n) is 15.2. The van der Waals surface area contributed by atoms with Crippen molar-refractivity contribution in [3.8, 4) is 0 Å². The number of aliphatic hydroxyl groups is 6. The molecule has 3 amide bonds. The number of hydrogen-bond donors (Lipinski definition) is 11. The summed E-state index contributed by atoms with van der Waals surface area (Å²) in [5, 5.41) is 69.8. The van der Waals surface area contributed by atoms with Crippen LogP contribution in [-0.4, -0.2) is 154 Å². The van der Waals surface area contributed by atoms with Gasteiger partial charge in [0.15, 0.2) is 16.1 Å². The summed E-state index contributed by atoms with van der Waals surface area (Å²) in [5.74, 6) is 1.32. The largest absolute Gasteiger partial charge is 0.466 e. The fraction of sp³-hybridized carbons (Fsp3) is 0.754. The molecule has 0 saturated heterocycles. The molecule has 4 fully saturated rings. The van der Waals surface area contributed by atoms with Crippen molar-refractivity contribution in [2.24, 2.45) is 29.4 Å². The predicted octanol–water partition coefficient (Wildman–Crippen LogP) is 9.42. The zero-order valence-corrected chi connectivity index (χ0v) is 57.8. The first-order valence-corrected chi connectivity index (χ1v) is 32.6. The highest BCUT2D eigenvalue weighted by Crippen LogP contribution is 2.30. The average molecular weight is 1350 g/mol. The monoisotopic (exact) mass is 1350 g/mol. The van der Waals surface area contributed by atoms with Crippen molar-refractivity contribution in [1.29, 1.82) is 0 Å². The predicted molar refractivity (Wildman–Crippen MR) is 356 cm³/mol. The lowest BCUT2D eigenvalue weighted by Crippen LogP contribution is -2.47. The van der Waals surface area contributed by atoms with E-state index in [2.05, 4.69) is 52.9 Å². The van der Waals surface area contributed by atoms with E-state index in [0.29, 0.717) is 51.4 Å². The van der Waals surface area contributed by atoms with Gasteiger partial charge in [-0.3, -0.25) is 19.2 Å². The van der Waals surface area contributed by atoms with Crippen LogP contribution < -0.4 is 27.0 Å². The van der Waals surface area contributed by atoms with Crippen LogP contribution in [0.15, 0.2) is 34.0 Å².